The summed E-state index contributed by atoms with van der Waals surface area (Å²) in [6.45, 7) is 0.724. The monoisotopic (exact) mass is 268 g/mol. The maximum atomic E-state index is 12.6. The van der Waals surface area contributed by atoms with E-state index in [9.17, 15) is 4.79 Å². The second-order valence-corrected chi connectivity index (χ2v) is 4.73. The van der Waals surface area contributed by atoms with Crippen molar-refractivity contribution in [3.63, 3.8) is 0 Å². The van der Waals surface area contributed by atoms with E-state index in [0.717, 1.165) is 25.1 Å². The first-order valence-electron chi connectivity index (χ1n) is 6.69. The van der Waals surface area contributed by atoms with Crippen LogP contribution in [0.25, 0.3) is 0 Å². The van der Waals surface area contributed by atoms with Gasteiger partial charge in [0.15, 0.2) is 0 Å². The number of hydrogen-bond acceptors (Lipinski definition) is 4. The van der Waals surface area contributed by atoms with E-state index in [4.69, 9.17) is 0 Å². The van der Waals surface area contributed by atoms with Crippen molar-refractivity contribution in [2.45, 2.75) is 12.8 Å². The molecule has 1 aliphatic rings. The van der Waals surface area contributed by atoms with Gasteiger partial charge < -0.3 is 10.2 Å². The number of para-hydroxylation sites is 1. The highest BCUT2D eigenvalue weighted by Gasteiger charge is 2.24. The van der Waals surface area contributed by atoms with Crippen molar-refractivity contribution in [3.05, 3.63) is 47.9 Å². The zero-order chi connectivity index (χ0) is 13.9. The Balaban J connectivity index is 1.95. The summed E-state index contributed by atoms with van der Waals surface area (Å²) in [7, 11) is 1.76. The number of carbonyl (C=O) groups excluding carboxylic acids is 1. The molecule has 0 aliphatic carbocycles. The van der Waals surface area contributed by atoms with E-state index in [1.165, 1.54) is 11.8 Å². The lowest BCUT2D eigenvalue weighted by atomic mass is 10.0. The van der Waals surface area contributed by atoms with Crippen LogP contribution in [0.5, 0.6) is 0 Å². The van der Waals surface area contributed by atoms with Crippen LogP contribution < -0.4 is 10.2 Å². The molecule has 1 aliphatic heterocycles. The molecule has 0 unspecified atom stereocenters. The summed E-state index contributed by atoms with van der Waals surface area (Å²) < 4.78 is 0. The topological polar surface area (TPSA) is 58.1 Å². The smallest absolute Gasteiger partial charge is 0.278 e. The van der Waals surface area contributed by atoms with Crippen LogP contribution in [-0.4, -0.2) is 29.5 Å². The van der Waals surface area contributed by atoms with Gasteiger partial charge in [-0.1, -0.05) is 18.2 Å². The molecule has 0 saturated carbocycles. The number of aryl methyl sites for hydroxylation is 1. The Labute approximate surface area is 117 Å². The summed E-state index contributed by atoms with van der Waals surface area (Å²) in [5.41, 5.74) is 2.57. The fourth-order valence-electron chi connectivity index (χ4n) is 2.47. The Hall–Kier alpha value is -2.43. The molecule has 1 N–H and O–H groups in total. The molecule has 0 radical (unpaired) electrons. The Morgan fingerprint density at radius 2 is 2.15 bits per heavy atom. The second-order valence-electron chi connectivity index (χ2n) is 4.73. The van der Waals surface area contributed by atoms with Crippen LogP contribution in [0.3, 0.4) is 0 Å². The van der Waals surface area contributed by atoms with Crippen LogP contribution in [0.2, 0.25) is 0 Å². The van der Waals surface area contributed by atoms with Gasteiger partial charge in [0.2, 0.25) is 0 Å². The number of nitrogens with one attached hydrogen (secondary N) is 1. The van der Waals surface area contributed by atoms with Crippen LogP contribution in [0.15, 0.2) is 36.7 Å². The summed E-state index contributed by atoms with van der Waals surface area (Å²) >= 11 is 0. The lowest BCUT2D eigenvalue weighted by Gasteiger charge is -2.29. The molecule has 0 atom stereocenters. The molecule has 1 amide bonds. The number of benzene rings is 1. The Morgan fingerprint density at radius 1 is 1.30 bits per heavy atom. The highest BCUT2D eigenvalue weighted by molar-refractivity contribution is 6.05. The van der Waals surface area contributed by atoms with Crippen LogP contribution >= 0.6 is 0 Å². The van der Waals surface area contributed by atoms with Crippen molar-refractivity contribution in [3.8, 4) is 0 Å². The zero-order valence-electron chi connectivity index (χ0n) is 11.3. The molecule has 3 rings (SSSR count). The van der Waals surface area contributed by atoms with E-state index in [2.05, 4.69) is 21.4 Å². The third kappa shape index (κ3) is 2.22. The summed E-state index contributed by atoms with van der Waals surface area (Å²) in [6, 6.07) is 8.03. The number of rotatable bonds is 2. The summed E-state index contributed by atoms with van der Waals surface area (Å²) in [5, 5.41) is 2.90. The Morgan fingerprint density at radius 3 is 3.00 bits per heavy atom. The molecule has 102 valence electrons. The third-order valence-electron chi connectivity index (χ3n) is 3.47. The van der Waals surface area contributed by atoms with E-state index in [0.29, 0.717) is 11.5 Å². The van der Waals surface area contributed by atoms with E-state index in [1.807, 2.05) is 18.2 Å². The van der Waals surface area contributed by atoms with Crippen molar-refractivity contribution in [1.29, 1.82) is 0 Å². The van der Waals surface area contributed by atoms with Crippen LogP contribution in [0, 0.1) is 0 Å². The third-order valence-corrected chi connectivity index (χ3v) is 3.47. The van der Waals surface area contributed by atoms with Gasteiger partial charge in [0.05, 0.1) is 12.4 Å². The minimum atomic E-state index is -0.0956. The van der Waals surface area contributed by atoms with Gasteiger partial charge >= 0.3 is 0 Å². The van der Waals surface area contributed by atoms with Gasteiger partial charge in [0.25, 0.3) is 5.91 Å². The predicted molar refractivity (Wildman–Crippen MR) is 78.0 cm³/mol. The maximum Gasteiger partial charge on any atom is 0.278 e. The largest absolute Gasteiger partial charge is 0.372 e. The van der Waals surface area contributed by atoms with Crippen molar-refractivity contribution < 1.29 is 4.79 Å². The molecule has 1 aromatic carbocycles. The quantitative estimate of drug-likeness (QED) is 0.906. The van der Waals surface area contributed by atoms with Gasteiger partial charge in [-0.05, 0) is 24.5 Å². The molecule has 5 nitrogen and oxygen atoms in total. The first-order chi connectivity index (χ1) is 9.79. The standard InChI is InChI=1S/C15H16N4O/c1-16-14-10-17-9-12(18-14)15(20)19-8-4-6-11-5-2-3-7-13(11)19/h2-3,5,7,9-10H,4,6,8H2,1H3,(H,16,18). The summed E-state index contributed by atoms with van der Waals surface area (Å²) in [6.07, 6.45) is 5.10. The lowest BCUT2D eigenvalue weighted by molar-refractivity contribution is 0.0980. The van der Waals surface area contributed by atoms with Crippen LogP contribution in [0.1, 0.15) is 22.5 Å². The number of nitrogens with zero attached hydrogens (tertiary/aromatic N) is 3. The number of anilines is 2. The molecule has 1 aromatic heterocycles. The molecule has 0 bridgehead atoms. The van der Waals surface area contributed by atoms with Crippen LogP contribution in [-0.2, 0) is 6.42 Å². The molecular formula is C15H16N4O. The van der Waals surface area contributed by atoms with Crippen molar-refractivity contribution in [2.24, 2.45) is 0 Å². The van der Waals surface area contributed by atoms with E-state index >= 15 is 0 Å². The SMILES string of the molecule is CNc1cncc(C(=O)N2CCCc3ccccc32)n1. The van der Waals surface area contributed by atoms with Gasteiger partial charge in [-0.3, -0.25) is 9.78 Å². The molecule has 0 spiro atoms. The Kier molecular flexibility index (Phi) is 3.33. The number of fused-ring (bicyclic) bond motifs is 1. The summed E-state index contributed by atoms with van der Waals surface area (Å²) in [5.74, 6) is 0.503. The van der Waals surface area contributed by atoms with Crippen LogP contribution in [0.4, 0.5) is 11.5 Å². The molecule has 0 fully saturated rings. The first kappa shape index (κ1) is 12.6. The average molecular weight is 268 g/mol. The Bertz CT molecular complexity index is 641. The highest BCUT2D eigenvalue weighted by Crippen LogP contribution is 2.27. The van der Waals surface area contributed by atoms with E-state index < -0.39 is 0 Å². The molecule has 5 heteroatoms. The summed E-state index contributed by atoms with van der Waals surface area (Å²) in [4.78, 5) is 22.7. The van der Waals surface area contributed by atoms with Crippen molar-refractivity contribution in [1.82, 2.24) is 9.97 Å². The number of amides is 1. The van der Waals surface area contributed by atoms with E-state index in [-0.39, 0.29) is 5.91 Å². The van der Waals surface area contributed by atoms with Crippen molar-refractivity contribution >= 4 is 17.4 Å². The van der Waals surface area contributed by atoms with Gasteiger partial charge in [-0.2, -0.15) is 0 Å². The normalized spacial score (nSPS) is 13.8. The first-order valence-corrected chi connectivity index (χ1v) is 6.69. The van der Waals surface area contributed by atoms with Crippen molar-refractivity contribution in [2.75, 3.05) is 23.8 Å². The molecule has 2 heterocycles. The number of aromatic nitrogens is 2. The number of hydrogen-bond donors (Lipinski definition) is 1. The zero-order valence-corrected chi connectivity index (χ0v) is 11.3. The van der Waals surface area contributed by atoms with Gasteiger partial charge in [0.1, 0.15) is 11.5 Å². The van der Waals surface area contributed by atoms with Gasteiger partial charge in [-0.15, -0.1) is 0 Å². The van der Waals surface area contributed by atoms with E-state index in [1.54, 1.807) is 18.1 Å². The molecule has 20 heavy (non-hydrogen) atoms. The van der Waals surface area contributed by atoms with Gasteiger partial charge in [-0.25, -0.2) is 4.98 Å². The average Bonchev–Trinajstić information content (AvgIpc) is 2.53. The van der Waals surface area contributed by atoms with Gasteiger partial charge in [0, 0.05) is 19.3 Å². The molecular weight excluding hydrogens is 252 g/mol. The fourth-order valence-corrected chi connectivity index (χ4v) is 2.47. The maximum absolute atomic E-state index is 12.6. The highest BCUT2D eigenvalue weighted by atomic mass is 16.2. The molecule has 0 saturated heterocycles. The molecule has 2 aromatic rings. The number of carbonyl (C=O) groups is 1. The minimum absolute atomic E-state index is 0.0956. The second kappa shape index (κ2) is 5.28. The lowest BCUT2D eigenvalue weighted by Crippen LogP contribution is -2.36. The fraction of sp³-hybridized carbons (Fsp3) is 0.267. The minimum Gasteiger partial charge on any atom is -0.372 e. The predicted octanol–water partition coefficient (Wildman–Crippen LogP) is 2.11.